The van der Waals surface area contributed by atoms with Gasteiger partial charge in [-0.2, -0.15) is 0 Å². The molecule has 238 valence electrons. The molecule has 0 atom stereocenters. The summed E-state index contributed by atoms with van der Waals surface area (Å²) in [7, 11) is 0. The second kappa shape index (κ2) is 33.7. The first kappa shape index (κ1) is 42.4. The minimum Gasteiger partial charge on any atom is -0.466 e. The third-order valence-corrected chi connectivity index (χ3v) is 7.33. The summed E-state index contributed by atoms with van der Waals surface area (Å²) in [4.78, 5) is 12.2. The molecule has 0 N–H and O–H groups in total. The summed E-state index contributed by atoms with van der Waals surface area (Å²) in [5, 5.41) is 0. The van der Waals surface area contributed by atoms with Gasteiger partial charge in [-0.05, 0) is 32.1 Å². The molecule has 0 rings (SSSR count). The first-order valence-electron chi connectivity index (χ1n) is 17.2. The van der Waals surface area contributed by atoms with E-state index in [1.807, 2.05) is 0 Å². The molecule has 0 heterocycles. The zero-order chi connectivity index (χ0) is 28.7. The van der Waals surface area contributed by atoms with Crippen LogP contribution in [0, 0.1) is 0 Å². The van der Waals surface area contributed by atoms with Crippen LogP contribution in [0.3, 0.4) is 0 Å². The maximum atomic E-state index is 12.2. The normalized spacial score (nSPS) is 11.5. The van der Waals surface area contributed by atoms with Gasteiger partial charge < -0.3 is 18.9 Å². The van der Waals surface area contributed by atoms with Gasteiger partial charge in [0, 0.05) is 39.0 Å². The number of ether oxygens (including phenoxy) is 4. The Bertz CT molecular complexity index is 476. The molecule has 6 heteroatoms. The van der Waals surface area contributed by atoms with Crippen LogP contribution in [0.4, 0.5) is 0 Å². The summed E-state index contributed by atoms with van der Waals surface area (Å²) in [6.07, 6.45) is 27.8. The molecule has 5 nitrogen and oxygen atoms in total. The van der Waals surface area contributed by atoms with Gasteiger partial charge in [-0.3, -0.25) is 4.79 Å². The summed E-state index contributed by atoms with van der Waals surface area (Å²) in [6.45, 7) is 11.0. The summed E-state index contributed by atoms with van der Waals surface area (Å²) >= 11 is 0. The van der Waals surface area contributed by atoms with Crippen molar-refractivity contribution in [2.75, 3.05) is 26.4 Å². The Morgan fingerprint density at radius 3 is 1.18 bits per heavy atom. The number of carbonyl (C=O) groups is 1. The standard InChI is InChI=1S/C34H68O5.Zr/c1-5-9-13-14-15-16-17-18-19-20-21-22-23-24-25-27-33(35)36-29-26-28-34(37-30-10-6-2,38-31-11-7-3)39-32-12-8-4;/h5-32H2,1-4H3;. The fourth-order valence-corrected chi connectivity index (χ4v) is 4.65. The molecule has 0 saturated heterocycles. The summed E-state index contributed by atoms with van der Waals surface area (Å²) in [6, 6.07) is 0. The first-order valence-corrected chi connectivity index (χ1v) is 17.2. The first-order chi connectivity index (χ1) is 19.1. The average molecular weight is 648 g/mol. The van der Waals surface area contributed by atoms with Crippen molar-refractivity contribution in [2.24, 2.45) is 0 Å². The third kappa shape index (κ3) is 28.4. The number of carbonyl (C=O) groups excluding carboxylic acids is 1. The fourth-order valence-electron chi connectivity index (χ4n) is 4.65. The van der Waals surface area contributed by atoms with Crippen LogP contribution in [0.15, 0.2) is 0 Å². The van der Waals surface area contributed by atoms with Crippen molar-refractivity contribution < 1.29 is 49.9 Å². The van der Waals surface area contributed by atoms with E-state index in [0.717, 1.165) is 51.4 Å². The van der Waals surface area contributed by atoms with Gasteiger partial charge in [0.2, 0.25) is 0 Å². The number of unbranched alkanes of at least 4 members (excludes halogenated alkanes) is 17. The molecular weight excluding hydrogens is 580 g/mol. The van der Waals surface area contributed by atoms with Crippen molar-refractivity contribution in [3.63, 3.8) is 0 Å². The Hall–Kier alpha value is 0.233. The number of hydrogen-bond donors (Lipinski definition) is 0. The molecule has 0 amide bonds. The molecule has 0 aliphatic carbocycles. The molecule has 0 aliphatic rings. The van der Waals surface area contributed by atoms with E-state index in [1.54, 1.807) is 0 Å². The van der Waals surface area contributed by atoms with Gasteiger partial charge in [-0.15, -0.1) is 0 Å². The Balaban J connectivity index is 0. The minimum absolute atomic E-state index is 0. The third-order valence-electron chi connectivity index (χ3n) is 7.33. The van der Waals surface area contributed by atoms with Gasteiger partial charge >= 0.3 is 5.97 Å². The van der Waals surface area contributed by atoms with Gasteiger partial charge in [0.05, 0.1) is 26.4 Å². The van der Waals surface area contributed by atoms with E-state index in [1.165, 1.54) is 83.5 Å². The van der Waals surface area contributed by atoms with Gasteiger partial charge in [0.15, 0.2) is 0 Å². The van der Waals surface area contributed by atoms with E-state index < -0.39 is 5.97 Å². The Morgan fingerprint density at radius 1 is 0.450 bits per heavy atom. The largest absolute Gasteiger partial charge is 0.466 e. The Labute approximate surface area is 269 Å². The molecule has 0 unspecified atom stereocenters. The van der Waals surface area contributed by atoms with Crippen LogP contribution in [0.1, 0.15) is 182 Å². The van der Waals surface area contributed by atoms with Crippen LogP contribution < -0.4 is 0 Å². The molecule has 0 radical (unpaired) electrons. The summed E-state index contributed by atoms with van der Waals surface area (Å²) in [5.41, 5.74) is 0. The Kier molecular flexibility index (Phi) is 35.7. The number of esters is 1. The van der Waals surface area contributed by atoms with Crippen LogP contribution in [-0.4, -0.2) is 38.4 Å². The van der Waals surface area contributed by atoms with E-state index in [4.69, 9.17) is 18.9 Å². The van der Waals surface area contributed by atoms with Gasteiger partial charge in [0.25, 0.3) is 5.97 Å². The zero-order valence-corrected chi connectivity index (χ0v) is 29.8. The van der Waals surface area contributed by atoms with Gasteiger partial charge in [-0.1, -0.05) is 137 Å². The topological polar surface area (TPSA) is 54.0 Å². The maximum Gasteiger partial charge on any atom is 0.305 e. The van der Waals surface area contributed by atoms with Crippen molar-refractivity contribution in [3.8, 4) is 0 Å². The number of hydrogen-bond acceptors (Lipinski definition) is 5. The van der Waals surface area contributed by atoms with Crippen LogP contribution in [0.25, 0.3) is 0 Å². The fraction of sp³-hybridized carbons (Fsp3) is 0.971. The molecule has 40 heavy (non-hydrogen) atoms. The maximum absolute atomic E-state index is 12.2. The van der Waals surface area contributed by atoms with Gasteiger partial charge in [0.1, 0.15) is 0 Å². The van der Waals surface area contributed by atoms with E-state index in [0.29, 0.717) is 45.7 Å². The molecule has 0 aromatic heterocycles. The average Bonchev–Trinajstić information content (AvgIpc) is 2.93. The van der Waals surface area contributed by atoms with E-state index in [9.17, 15) is 4.79 Å². The zero-order valence-electron chi connectivity index (χ0n) is 27.3. The van der Waals surface area contributed by atoms with Crippen molar-refractivity contribution in [3.05, 3.63) is 0 Å². The second-order valence-corrected chi connectivity index (χ2v) is 11.3. The SMILES string of the molecule is CCCCCCCCCCCCCCCCCC(=O)OCCCC(OCCCC)(OCCCC)OCCCC.[Zr]. The molecular formula is C34H68O5Zr. The van der Waals surface area contributed by atoms with Crippen molar-refractivity contribution in [2.45, 2.75) is 188 Å². The van der Waals surface area contributed by atoms with Crippen LogP contribution in [0.2, 0.25) is 0 Å². The monoisotopic (exact) mass is 646 g/mol. The van der Waals surface area contributed by atoms with Crippen molar-refractivity contribution in [1.82, 2.24) is 0 Å². The summed E-state index contributed by atoms with van der Waals surface area (Å²) < 4.78 is 24.0. The van der Waals surface area contributed by atoms with Gasteiger partial charge in [-0.25, -0.2) is 0 Å². The van der Waals surface area contributed by atoms with Crippen LogP contribution in [-0.2, 0) is 49.9 Å². The van der Waals surface area contributed by atoms with E-state index in [-0.39, 0.29) is 32.2 Å². The minimum atomic E-state index is -1.01. The van der Waals surface area contributed by atoms with E-state index in [2.05, 4.69) is 27.7 Å². The number of rotatable bonds is 32. The van der Waals surface area contributed by atoms with Crippen molar-refractivity contribution in [1.29, 1.82) is 0 Å². The Morgan fingerprint density at radius 2 is 0.800 bits per heavy atom. The van der Waals surface area contributed by atoms with E-state index >= 15 is 0 Å². The molecule has 0 fully saturated rings. The van der Waals surface area contributed by atoms with Crippen molar-refractivity contribution >= 4 is 5.97 Å². The molecule has 0 bridgehead atoms. The molecule has 0 saturated carbocycles. The molecule has 0 spiro atoms. The smallest absolute Gasteiger partial charge is 0.305 e. The molecule has 0 aliphatic heterocycles. The predicted molar refractivity (Wildman–Crippen MR) is 165 cm³/mol. The predicted octanol–water partition coefficient (Wildman–Crippen LogP) is 10.7. The molecule has 0 aromatic rings. The van der Waals surface area contributed by atoms with Crippen LogP contribution in [0.5, 0.6) is 0 Å². The molecule has 0 aromatic carbocycles. The second-order valence-electron chi connectivity index (χ2n) is 11.3. The quantitative estimate of drug-likeness (QED) is 0.0413. The summed E-state index contributed by atoms with van der Waals surface area (Å²) in [5.74, 6) is -1.10. The van der Waals surface area contributed by atoms with Crippen LogP contribution >= 0.6 is 0 Å².